The highest BCUT2D eigenvalue weighted by Crippen LogP contribution is 2.28. The zero-order chi connectivity index (χ0) is 16.0. The molecule has 1 aliphatic carbocycles. The number of rotatable bonds is 7. The molecular weight excluding hydrogens is 318 g/mol. The molecule has 22 heavy (non-hydrogen) atoms. The van der Waals surface area contributed by atoms with Crippen molar-refractivity contribution in [2.45, 2.75) is 37.8 Å². The van der Waals surface area contributed by atoms with E-state index in [1.54, 1.807) is 0 Å². The molecule has 1 amide bonds. The first kappa shape index (κ1) is 17.0. The van der Waals surface area contributed by atoms with Crippen LogP contribution in [0, 0.1) is 11.3 Å². The predicted octanol–water partition coefficient (Wildman–Crippen LogP) is 1.92. The summed E-state index contributed by atoms with van der Waals surface area (Å²) in [6.45, 7) is 5.53. The van der Waals surface area contributed by atoms with E-state index in [-0.39, 0.29) is 5.91 Å². The first-order chi connectivity index (χ1) is 10.6. The summed E-state index contributed by atoms with van der Waals surface area (Å²) in [5.41, 5.74) is -0.650. The highest BCUT2D eigenvalue weighted by Gasteiger charge is 2.36. The highest BCUT2D eigenvalue weighted by atomic mass is 35.5. The van der Waals surface area contributed by atoms with Crippen LogP contribution in [-0.4, -0.2) is 24.5 Å². The van der Waals surface area contributed by atoms with Crippen molar-refractivity contribution in [2.24, 2.45) is 0 Å². The molecule has 0 saturated heterocycles. The first-order valence-electron chi connectivity index (χ1n) is 7.48. The Morgan fingerprint density at radius 3 is 2.82 bits per heavy atom. The third-order valence-electron chi connectivity index (χ3n) is 3.95. The summed E-state index contributed by atoms with van der Waals surface area (Å²) < 4.78 is 0.756. The number of thiophene rings is 1. The van der Waals surface area contributed by atoms with Gasteiger partial charge in [-0.3, -0.25) is 4.79 Å². The Bertz CT molecular complexity index is 572. The minimum atomic E-state index is -0.650. The molecule has 2 N–H and O–H groups in total. The molecular formula is C16H21ClN3OS+. The lowest BCUT2D eigenvalue weighted by molar-refractivity contribution is -0.899. The minimum Gasteiger partial charge on any atom is -0.333 e. The minimum absolute atomic E-state index is 0.0667. The molecule has 1 atom stereocenters. The van der Waals surface area contributed by atoms with Gasteiger partial charge in [0.15, 0.2) is 6.54 Å². The maximum absolute atomic E-state index is 12.3. The molecule has 2 rings (SSSR count). The molecule has 1 heterocycles. The van der Waals surface area contributed by atoms with Crippen LogP contribution >= 0.6 is 22.9 Å². The first-order valence-corrected chi connectivity index (χ1v) is 8.67. The summed E-state index contributed by atoms with van der Waals surface area (Å²) in [5, 5.41) is 12.3. The SMILES string of the molecule is C=CC[NH+](CC(=O)NC1(C#N)CCCC1)Cc1ccc(Cl)s1. The lowest BCUT2D eigenvalue weighted by Crippen LogP contribution is -3.11. The van der Waals surface area contributed by atoms with Crippen LogP contribution in [0.5, 0.6) is 0 Å². The van der Waals surface area contributed by atoms with Gasteiger partial charge in [0.1, 0.15) is 12.1 Å². The number of carbonyl (C=O) groups is 1. The van der Waals surface area contributed by atoms with Gasteiger partial charge in [0.25, 0.3) is 5.91 Å². The van der Waals surface area contributed by atoms with Crippen molar-refractivity contribution in [3.8, 4) is 6.07 Å². The predicted molar refractivity (Wildman–Crippen MR) is 88.9 cm³/mol. The van der Waals surface area contributed by atoms with Crippen molar-refractivity contribution in [1.29, 1.82) is 5.26 Å². The van der Waals surface area contributed by atoms with E-state index in [2.05, 4.69) is 18.0 Å². The second kappa shape index (κ2) is 7.77. The van der Waals surface area contributed by atoms with Crippen LogP contribution < -0.4 is 10.2 Å². The normalized spacial score (nSPS) is 17.6. The monoisotopic (exact) mass is 338 g/mol. The molecule has 0 aliphatic heterocycles. The van der Waals surface area contributed by atoms with Gasteiger partial charge in [0, 0.05) is 0 Å². The van der Waals surface area contributed by atoms with E-state index in [0.717, 1.165) is 46.3 Å². The number of hydrogen-bond acceptors (Lipinski definition) is 3. The number of hydrogen-bond donors (Lipinski definition) is 2. The summed E-state index contributed by atoms with van der Waals surface area (Å²) in [6.07, 6.45) is 5.34. The van der Waals surface area contributed by atoms with E-state index in [0.29, 0.717) is 13.1 Å². The average molecular weight is 339 g/mol. The highest BCUT2D eigenvalue weighted by molar-refractivity contribution is 7.16. The Kier molecular flexibility index (Phi) is 6.01. The van der Waals surface area contributed by atoms with Gasteiger partial charge in [-0.1, -0.05) is 18.2 Å². The van der Waals surface area contributed by atoms with Gasteiger partial charge in [-0.25, -0.2) is 0 Å². The summed E-state index contributed by atoms with van der Waals surface area (Å²) in [6, 6.07) is 6.15. The smallest absolute Gasteiger partial charge is 0.276 e. The summed E-state index contributed by atoms with van der Waals surface area (Å²) >= 11 is 7.48. The number of amides is 1. The molecule has 1 unspecified atom stereocenters. The second-order valence-electron chi connectivity index (χ2n) is 5.75. The summed E-state index contributed by atoms with van der Waals surface area (Å²) in [7, 11) is 0. The van der Waals surface area contributed by atoms with Crippen molar-refractivity contribution in [2.75, 3.05) is 13.1 Å². The van der Waals surface area contributed by atoms with E-state index in [4.69, 9.17) is 11.6 Å². The van der Waals surface area contributed by atoms with Gasteiger partial charge in [0.05, 0.1) is 21.8 Å². The summed E-state index contributed by atoms with van der Waals surface area (Å²) in [4.78, 5) is 14.5. The molecule has 1 aromatic heterocycles. The van der Waals surface area contributed by atoms with Gasteiger partial charge in [0.2, 0.25) is 0 Å². The van der Waals surface area contributed by atoms with Crippen LogP contribution in [0.15, 0.2) is 24.8 Å². The molecule has 1 aromatic rings. The van der Waals surface area contributed by atoms with Crippen molar-refractivity contribution >= 4 is 28.8 Å². The Hall–Kier alpha value is -1.35. The van der Waals surface area contributed by atoms with E-state index in [1.807, 2.05) is 18.2 Å². The van der Waals surface area contributed by atoms with Crippen molar-refractivity contribution in [1.82, 2.24) is 5.32 Å². The van der Waals surface area contributed by atoms with Gasteiger partial charge >= 0.3 is 0 Å². The Morgan fingerprint density at radius 1 is 1.55 bits per heavy atom. The van der Waals surface area contributed by atoms with Crippen LogP contribution in [0.25, 0.3) is 0 Å². The fourth-order valence-corrected chi connectivity index (χ4v) is 4.04. The van der Waals surface area contributed by atoms with E-state index < -0.39 is 5.54 Å². The van der Waals surface area contributed by atoms with Gasteiger partial charge in [-0.2, -0.15) is 5.26 Å². The van der Waals surface area contributed by atoms with Crippen LogP contribution in [0.3, 0.4) is 0 Å². The van der Waals surface area contributed by atoms with Crippen LogP contribution in [0.4, 0.5) is 0 Å². The molecule has 1 fully saturated rings. The molecule has 4 nitrogen and oxygen atoms in total. The number of nitrogens with zero attached hydrogens (tertiary/aromatic N) is 1. The van der Waals surface area contributed by atoms with Crippen LogP contribution in [0.1, 0.15) is 30.6 Å². The maximum atomic E-state index is 12.3. The van der Waals surface area contributed by atoms with Gasteiger partial charge < -0.3 is 10.2 Å². The third kappa shape index (κ3) is 4.57. The Morgan fingerprint density at radius 2 is 2.27 bits per heavy atom. The zero-order valence-corrected chi connectivity index (χ0v) is 14.1. The van der Waals surface area contributed by atoms with E-state index >= 15 is 0 Å². The Balaban J connectivity index is 1.93. The van der Waals surface area contributed by atoms with Gasteiger partial charge in [-0.15, -0.1) is 11.3 Å². The molecule has 6 heteroatoms. The van der Waals surface area contributed by atoms with Crippen molar-refractivity contribution in [3.05, 3.63) is 34.0 Å². The molecule has 118 valence electrons. The third-order valence-corrected chi connectivity index (χ3v) is 5.18. The fourth-order valence-electron chi connectivity index (χ4n) is 2.89. The quantitative estimate of drug-likeness (QED) is 0.746. The van der Waals surface area contributed by atoms with Crippen molar-refractivity contribution in [3.63, 3.8) is 0 Å². The van der Waals surface area contributed by atoms with Crippen LogP contribution in [-0.2, 0) is 11.3 Å². The van der Waals surface area contributed by atoms with Crippen molar-refractivity contribution < 1.29 is 9.69 Å². The zero-order valence-electron chi connectivity index (χ0n) is 12.5. The maximum Gasteiger partial charge on any atom is 0.276 e. The number of nitriles is 1. The van der Waals surface area contributed by atoms with Crippen LogP contribution in [0.2, 0.25) is 4.34 Å². The second-order valence-corrected chi connectivity index (χ2v) is 7.55. The number of halogens is 1. The van der Waals surface area contributed by atoms with E-state index in [9.17, 15) is 10.1 Å². The number of nitrogens with one attached hydrogen (secondary N) is 2. The molecule has 1 aliphatic rings. The lowest BCUT2D eigenvalue weighted by Gasteiger charge is -2.23. The Labute approximate surface area is 140 Å². The van der Waals surface area contributed by atoms with E-state index in [1.165, 1.54) is 11.3 Å². The molecule has 0 bridgehead atoms. The molecule has 0 aromatic carbocycles. The largest absolute Gasteiger partial charge is 0.333 e. The van der Waals surface area contributed by atoms with Gasteiger partial charge in [-0.05, 0) is 43.9 Å². The standard InChI is InChI=1S/C16H20ClN3OS/c1-2-9-20(10-13-5-6-14(17)22-13)11-15(21)19-16(12-18)7-3-4-8-16/h2,5-6H,1,3-4,7-11H2,(H,19,21)/p+1. The molecule has 0 spiro atoms. The number of carbonyl (C=O) groups excluding carboxylic acids is 1. The summed E-state index contributed by atoms with van der Waals surface area (Å²) in [5.74, 6) is -0.0667. The average Bonchev–Trinajstić information content (AvgIpc) is 3.09. The lowest BCUT2D eigenvalue weighted by atomic mass is 10.00. The topological polar surface area (TPSA) is 57.3 Å². The molecule has 0 radical (unpaired) electrons. The number of quaternary nitrogens is 1. The fraction of sp³-hybridized carbons (Fsp3) is 0.500. The molecule has 1 saturated carbocycles.